The number of likely N-dealkylation sites (tertiary alicyclic amines) is 1. The molecule has 1 amide bonds. The smallest absolute Gasteiger partial charge is 0.227 e. The maximum absolute atomic E-state index is 11.8. The molecule has 112 valence electrons. The van der Waals surface area contributed by atoms with Gasteiger partial charge >= 0.3 is 0 Å². The SMILES string of the molecule is O=C1CCCN1c1ccc(CN2CC[C@H]3CNC[C@H]32)cc1. The summed E-state index contributed by atoms with van der Waals surface area (Å²) in [5.74, 6) is 1.12. The van der Waals surface area contributed by atoms with Crippen molar-refractivity contribution < 1.29 is 4.79 Å². The summed E-state index contributed by atoms with van der Waals surface area (Å²) < 4.78 is 0. The van der Waals surface area contributed by atoms with Crippen LogP contribution in [0.4, 0.5) is 5.69 Å². The first-order valence-electron chi connectivity index (χ1n) is 8.15. The number of carbonyl (C=O) groups is 1. The molecule has 21 heavy (non-hydrogen) atoms. The normalized spacial score (nSPS) is 29.3. The molecule has 1 aromatic rings. The molecular formula is C17H23N3O. The third kappa shape index (κ3) is 2.47. The van der Waals surface area contributed by atoms with Crippen molar-refractivity contribution in [1.82, 2.24) is 10.2 Å². The molecule has 2 atom stereocenters. The van der Waals surface area contributed by atoms with Crippen molar-refractivity contribution >= 4 is 11.6 Å². The minimum Gasteiger partial charge on any atom is -0.315 e. The van der Waals surface area contributed by atoms with Gasteiger partial charge in [-0.05, 0) is 49.5 Å². The van der Waals surface area contributed by atoms with E-state index in [2.05, 4.69) is 34.5 Å². The van der Waals surface area contributed by atoms with Gasteiger partial charge in [0.05, 0.1) is 0 Å². The van der Waals surface area contributed by atoms with Crippen molar-refractivity contribution in [3.63, 3.8) is 0 Å². The number of nitrogens with zero attached hydrogens (tertiary/aromatic N) is 2. The summed E-state index contributed by atoms with van der Waals surface area (Å²) in [7, 11) is 0. The lowest BCUT2D eigenvalue weighted by atomic mass is 10.0. The number of anilines is 1. The average molecular weight is 285 g/mol. The number of hydrogen-bond donors (Lipinski definition) is 1. The molecule has 0 saturated carbocycles. The fourth-order valence-corrected chi connectivity index (χ4v) is 4.07. The van der Waals surface area contributed by atoms with E-state index in [0.717, 1.165) is 43.7 Å². The van der Waals surface area contributed by atoms with Gasteiger partial charge in [0, 0.05) is 37.8 Å². The van der Waals surface area contributed by atoms with Crippen LogP contribution < -0.4 is 10.2 Å². The number of fused-ring (bicyclic) bond motifs is 1. The Morgan fingerprint density at radius 2 is 2.00 bits per heavy atom. The minimum atomic E-state index is 0.266. The third-order valence-electron chi connectivity index (χ3n) is 5.27. The molecule has 3 aliphatic heterocycles. The van der Waals surface area contributed by atoms with E-state index < -0.39 is 0 Å². The Labute approximate surface area is 126 Å². The highest BCUT2D eigenvalue weighted by atomic mass is 16.2. The van der Waals surface area contributed by atoms with E-state index in [1.54, 1.807) is 0 Å². The largest absolute Gasteiger partial charge is 0.315 e. The Morgan fingerprint density at radius 1 is 1.14 bits per heavy atom. The molecule has 3 heterocycles. The molecule has 4 heteroatoms. The van der Waals surface area contributed by atoms with Crippen molar-refractivity contribution in [2.45, 2.75) is 31.8 Å². The monoisotopic (exact) mass is 285 g/mol. The van der Waals surface area contributed by atoms with Crippen LogP contribution in [-0.2, 0) is 11.3 Å². The average Bonchev–Trinajstić information content (AvgIpc) is 3.19. The Kier molecular flexibility index (Phi) is 3.43. The Balaban J connectivity index is 1.43. The van der Waals surface area contributed by atoms with E-state index >= 15 is 0 Å². The topological polar surface area (TPSA) is 35.6 Å². The van der Waals surface area contributed by atoms with E-state index in [4.69, 9.17) is 0 Å². The van der Waals surface area contributed by atoms with E-state index in [-0.39, 0.29) is 5.91 Å². The highest BCUT2D eigenvalue weighted by molar-refractivity contribution is 5.95. The molecule has 3 saturated heterocycles. The van der Waals surface area contributed by atoms with Gasteiger partial charge < -0.3 is 10.2 Å². The molecule has 0 radical (unpaired) electrons. The number of nitrogens with one attached hydrogen (secondary N) is 1. The van der Waals surface area contributed by atoms with Gasteiger partial charge in [-0.2, -0.15) is 0 Å². The second-order valence-corrected chi connectivity index (χ2v) is 6.56. The van der Waals surface area contributed by atoms with Crippen molar-refractivity contribution in [2.75, 3.05) is 31.1 Å². The van der Waals surface area contributed by atoms with Gasteiger partial charge in [-0.3, -0.25) is 9.69 Å². The summed E-state index contributed by atoms with van der Waals surface area (Å²) in [6, 6.07) is 9.33. The zero-order chi connectivity index (χ0) is 14.2. The molecule has 1 aromatic carbocycles. The van der Waals surface area contributed by atoms with Crippen LogP contribution in [0.2, 0.25) is 0 Å². The van der Waals surface area contributed by atoms with Crippen LogP contribution in [0.15, 0.2) is 24.3 Å². The Hall–Kier alpha value is -1.39. The van der Waals surface area contributed by atoms with Gasteiger partial charge in [0.2, 0.25) is 5.91 Å². The molecule has 0 aliphatic carbocycles. The number of hydrogen-bond acceptors (Lipinski definition) is 3. The zero-order valence-electron chi connectivity index (χ0n) is 12.4. The summed E-state index contributed by atoms with van der Waals surface area (Å²) in [6.07, 6.45) is 3.02. The van der Waals surface area contributed by atoms with Gasteiger partial charge in [0.1, 0.15) is 0 Å². The van der Waals surface area contributed by atoms with Gasteiger partial charge in [-0.1, -0.05) is 12.1 Å². The molecular weight excluding hydrogens is 262 g/mol. The quantitative estimate of drug-likeness (QED) is 0.916. The van der Waals surface area contributed by atoms with Gasteiger partial charge in [-0.25, -0.2) is 0 Å². The van der Waals surface area contributed by atoms with Crippen LogP contribution in [0.3, 0.4) is 0 Å². The molecule has 1 N–H and O–H groups in total. The zero-order valence-corrected chi connectivity index (χ0v) is 12.4. The summed E-state index contributed by atoms with van der Waals surface area (Å²) >= 11 is 0. The number of benzene rings is 1. The van der Waals surface area contributed by atoms with Crippen molar-refractivity contribution in [3.05, 3.63) is 29.8 Å². The van der Waals surface area contributed by atoms with Crippen molar-refractivity contribution in [1.29, 1.82) is 0 Å². The summed E-state index contributed by atoms with van der Waals surface area (Å²) in [5.41, 5.74) is 2.42. The molecule has 0 unspecified atom stereocenters. The predicted molar refractivity (Wildman–Crippen MR) is 83.2 cm³/mol. The highest BCUT2D eigenvalue weighted by Crippen LogP contribution is 2.29. The standard InChI is InChI=1S/C17H23N3O/c21-17-2-1-8-20(17)15-5-3-13(4-6-15)12-19-9-7-14-10-18-11-16(14)19/h3-6,14,16,18H,1-2,7-12H2/t14-,16+/m0/s1. The lowest BCUT2D eigenvalue weighted by Crippen LogP contribution is -2.33. The summed E-state index contributed by atoms with van der Waals surface area (Å²) in [5, 5.41) is 3.51. The number of carbonyl (C=O) groups excluding carboxylic acids is 1. The van der Waals surface area contributed by atoms with Crippen LogP contribution in [0.5, 0.6) is 0 Å². The summed E-state index contributed by atoms with van der Waals surface area (Å²) in [6.45, 7) is 5.47. The van der Waals surface area contributed by atoms with Crippen LogP contribution in [-0.4, -0.2) is 43.0 Å². The Bertz CT molecular complexity index is 527. The van der Waals surface area contributed by atoms with Gasteiger partial charge in [-0.15, -0.1) is 0 Å². The third-order valence-corrected chi connectivity index (χ3v) is 5.27. The van der Waals surface area contributed by atoms with E-state index in [0.29, 0.717) is 6.42 Å². The van der Waals surface area contributed by atoms with Crippen LogP contribution >= 0.6 is 0 Å². The molecule has 0 spiro atoms. The molecule has 4 rings (SSSR count). The van der Waals surface area contributed by atoms with Gasteiger partial charge in [0.25, 0.3) is 0 Å². The lowest BCUT2D eigenvalue weighted by Gasteiger charge is -2.23. The van der Waals surface area contributed by atoms with Crippen LogP contribution in [0.25, 0.3) is 0 Å². The van der Waals surface area contributed by atoms with E-state index in [1.165, 1.54) is 25.1 Å². The fourth-order valence-electron chi connectivity index (χ4n) is 4.07. The van der Waals surface area contributed by atoms with Crippen LogP contribution in [0.1, 0.15) is 24.8 Å². The van der Waals surface area contributed by atoms with Crippen molar-refractivity contribution in [2.24, 2.45) is 5.92 Å². The molecule has 3 aliphatic rings. The second-order valence-electron chi connectivity index (χ2n) is 6.56. The first kappa shape index (κ1) is 13.3. The predicted octanol–water partition coefficient (Wildman–Crippen LogP) is 1.61. The summed E-state index contributed by atoms with van der Waals surface area (Å²) in [4.78, 5) is 16.3. The van der Waals surface area contributed by atoms with Crippen LogP contribution in [0, 0.1) is 5.92 Å². The first-order chi connectivity index (χ1) is 10.3. The van der Waals surface area contributed by atoms with Gasteiger partial charge in [0.15, 0.2) is 0 Å². The lowest BCUT2D eigenvalue weighted by molar-refractivity contribution is -0.117. The first-order valence-corrected chi connectivity index (χ1v) is 8.15. The maximum Gasteiger partial charge on any atom is 0.227 e. The second kappa shape index (κ2) is 5.43. The molecule has 0 aromatic heterocycles. The molecule has 0 bridgehead atoms. The fraction of sp³-hybridized carbons (Fsp3) is 0.588. The van der Waals surface area contributed by atoms with Crippen molar-refractivity contribution in [3.8, 4) is 0 Å². The van der Waals surface area contributed by atoms with E-state index in [1.807, 2.05) is 4.90 Å². The molecule has 4 nitrogen and oxygen atoms in total. The molecule has 3 fully saturated rings. The Morgan fingerprint density at radius 3 is 2.76 bits per heavy atom. The maximum atomic E-state index is 11.8. The van der Waals surface area contributed by atoms with E-state index in [9.17, 15) is 4.79 Å². The highest BCUT2D eigenvalue weighted by Gasteiger charge is 2.37. The number of rotatable bonds is 3. The minimum absolute atomic E-state index is 0.266. The number of amides is 1.